The summed E-state index contributed by atoms with van der Waals surface area (Å²) in [7, 11) is -2.34. The Kier molecular flexibility index (Phi) is 5.52. The number of carbonyl (C=O) groups excluding carboxylic acids is 1. The zero-order valence-electron chi connectivity index (χ0n) is 16.6. The molecule has 1 saturated heterocycles. The molecular weight excluding hydrogens is 381 g/mol. The Labute approximate surface area is 165 Å². The summed E-state index contributed by atoms with van der Waals surface area (Å²) in [6.45, 7) is 6.79. The van der Waals surface area contributed by atoms with Crippen molar-refractivity contribution in [2.45, 2.75) is 38.5 Å². The Morgan fingerprint density at radius 3 is 2.43 bits per heavy atom. The van der Waals surface area contributed by atoms with Crippen molar-refractivity contribution in [2.24, 2.45) is 13.0 Å². The van der Waals surface area contributed by atoms with Crippen molar-refractivity contribution in [3.63, 3.8) is 0 Å². The predicted molar refractivity (Wildman–Crippen MR) is 106 cm³/mol. The quantitative estimate of drug-likeness (QED) is 0.844. The lowest BCUT2D eigenvalue weighted by Gasteiger charge is -2.30. The summed E-state index contributed by atoms with van der Waals surface area (Å²) in [5.41, 5.74) is 1.38. The van der Waals surface area contributed by atoms with Crippen molar-refractivity contribution in [3.05, 3.63) is 47.0 Å². The molecule has 1 N–H and O–H groups in total. The monoisotopic (exact) mass is 407 g/mol. The lowest BCUT2D eigenvalue weighted by atomic mass is 9.98. The van der Waals surface area contributed by atoms with Crippen LogP contribution in [0.25, 0.3) is 0 Å². The molecule has 0 atom stereocenters. The van der Waals surface area contributed by atoms with E-state index < -0.39 is 15.8 Å². The highest BCUT2D eigenvalue weighted by atomic mass is 32.2. The van der Waals surface area contributed by atoms with Crippen LogP contribution in [0.1, 0.15) is 41.5 Å². The smallest absolute Gasteiger partial charge is 0.264 e. The lowest BCUT2D eigenvalue weighted by molar-refractivity contribution is 0.0692. The lowest BCUT2D eigenvalue weighted by Crippen LogP contribution is -2.38. The van der Waals surface area contributed by atoms with Crippen LogP contribution in [0.2, 0.25) is 0 Å². The molecule has 1 amide bonds. The van der Waals surface area contributed by atoms with Crippen LogP contribution in [0, 0.1) is 25.6 Å². The Balaban J connectivity index is 2.03. The van der Waals surface area contributed by atoms with Gasteiger partial charge < -0.3 is 9.47 Å². The SMILES string of the molecule is Cc1c(C(=O)N2CCC(C)CC2)c(S(=O)(=O)Nc2cccc(F)c2)c(C)n1C. The molecule has 6 nitrogen and oxygen atoms in total. The van der Waals surface area contributed by atoms with Gasteiger partial charge in [0.25, 0.3) is 15.9 Å². The molecule has 3 rings (SSSR count). The second-order valence-electron chi connectivity index (χ2n) is 7.52. The standard InChI is InChI=1S/C20H26FN3O3S/c1-13-8-10-24(11-9-13)20(25)18-14(2)23(4)15(3)19(18)28(26,27)22-17-7-5-6-16(21)12-17/h5-7,12-13,22H,8-11H2,1-4H3. The van der Waals surface area contributed by atoms with Crippen molar-refractivity contribution in [3.8, 4) is 0 Å². The Hall–Kier alpha value is -2.35. The van der Waals surface area contributed by atoms with E-state index in [1.54, 1.807) is 30.4 Å². The third kappa shape index (κ3) is 3.78. The number of halogens is 1. The molecule has 2 heterocycles. The van der Waals surface area contributed by atoms with Crippen LogP contribution >= 0.6 is 0 Å². The van der Waals surface area contributed by atoms with Gasteiger partial charge in [-0.15, -0.1) is 0 Å². The van der Waals surface area contributed by atoms with E-state index in [0.29, 0.717) is 30.4 Å². The summed E-state index contributed by atoms with van der Waals surface area (Å²) in [5.74, 6) is -0.256. The van der Waals surface area contributed by atoms with Crippen LogP contribution in [0.5, 0.6) is 0 Å². The van der Waals surface area contributed by atoms with Gasteiger partial charge in [-0.05, 0) is 50.8 Å². The molecule has 8 heteroatoms. The highest BCUT2D eigenvalue weighted by Crippen LogP contribution is 2.30. The number of hydrogen-bond acceptors (Lipinski definition) is 3. The normalized spacial score (nSPS) is 15.7. The van der Waals surface area contributed by atoms with E-state index in [4.69, 9.17) is 0 Å². The first-order chi connectivity index (χ1) is 13.1. The molecule has 0 radical (unpaired) electrons. The van der Waals surface area contributed by atoms with Crippen molar-refractivity contribution >= 4 is 21.6 Å². The summed E-state index contributed by atoms with van der Waals surface area (Å²) >= 11 is 0. The van der Waals surface area contributed by atoms with E-state index in [0.717, 1.165) is 18.9 Å². The number of rotatable bonds is 4. The summed E-state index contributed by atoms with van der Waals surface area (Å²) < 4.78 is 43.9. The number of carbonyl (C=O) groups is 1. The molecule has 0 bridgehead atoms. The van der Waals surface area contributed by atoms with Crippen LogP contribution in [0.15, 0.2) is 29.2 Å². The van der Waals surface area contributed by atoms with Gasteiger partial charge in [0.15, 0.2) is 0 Å². The number of hydrogen-bond donors (Lipinski definition) is 1. The van der Waals surface area contributed by atoms with Gasteiger partial charge in [0.1, 0.15) is 10.7 Å². The Morgan fingerprint density at radius 2 is 1.82 bits per heavy atom. The number of nitrogens with one attached hydrogen (secondary N) is 1. The second-order valence-corrected chi connectivity index (χ2v) is 9.14. The van der Waals surface area contributed by atoms with Crippen molar-refractivity contribution in [2.75, 3.05) is 17.8 Å². The summed E-state index contributed by atoms with van der Waals surface area (Å²) in [6, 6.07) is 5.24. The van der Waals surface area contributed by atoms with Crippen molar-refractivity contribution in [1.82, 2.24) is 9.47 Å². The van der Waals surface area contributed by atoms with Crippen LogP contribution in [-0.2, 0) is 17.1 Å². The fraction of sp³-hybridized carbons (Fsp3) is 0.450. The first-order valence-corrected chi connectivity index (χ1v) is 10.8. The number of nitrogens with zero attached hydrogens (tertiary/aromatic N) is 2. The summed E-state index contributed by atoms with van der Waals surface area (Å²) in [6.07, 6.45) is 1.81. The maximum absolute atomic E-state index is 13.5. The first kappa shape index (κ1) is 20.4. The molecule has 0 saturated carbocycles. The topological polar surface area (TPSA) is 71.4 Å². The number of likely N-dealkylation sites (tertiary alicyclic amines) is 1. The molecule has 28 heavy (non-hydrogen) atoms. The average molecular weight is 408 g/mol. The fourth-order valence-corrected chi connectivity index (χ4v) is 5.19. The zero-order chi connectivity index (χ0) is 20.6. The zero-order valence-corrected chi connectivity index (χ0v) is 17.4. The average Bonchev–Trinajstić information content (AvgIpc) is 2.86. The molecule has 1 aromatic carbocycles. The molecule has 152 valence electrons. The van der Waals surface area contributed by atoms with E-state index in [-0.39, 0.29) is 22.1 Å². The van der Waals surface area contributed by atoms with Gasteiger partial charge >= 0.3 is 0 Å². The Morgan fingerprint density at radius 1 is 1.18 bits per heavy atom. The van der Waals surface area contributed by atoms with Gasteiger partial charge in [-0.25, -0.2) is 12.8 Å². The van der Waals surface area contributed by atoms with E-state index in [1.807, 2.05) is 0 Å². The van der Waals surface area contributed by atoms with Gasteiger partial charge in [0.05, 0.1) is 11.3 Å². The molecule has 1 fully saturated rings. The minimum Gasteiger partial charge on any atom is -0.350 e. The highest BCUT2D eigenvalue weighted by Gasteiger charge is 2.33. The van der Waals surface area contributed by atoms with Gasteiger partial charge in [0, 0.05) is 31.5 Å². The van der Waals surface area contributed by atoms with Crippen molar-refractivity contribution < 1.29 is 17.6 Å². The van der Waals surface area contributed by atoms with Crippen LogP contribution in [0.3, 0.4) is 0 Å². The number of benzene rings is 1. The number of anilines is 1. The third-order valence-corrected chi connectivity index (χ3v) is 7.10. The highest BCUT2D eigenvalue weighted by molar-refractivity contribution is 7.92. The molecular formula is C20H26FN3O3S. The second kappa shape index (κ2) is 7.58. The summed E-state index contributed by atoms with van der Waals surface area (Å²) in [5, 5.41) is 0. The molecule has 1 aliphatic rings. The Bertz CT molecular complexity index is 1010. The van der Waals surface area contributed by atoms with Crippen LogP contribution in [0.4, 0.5) is 10.1 Å². The van der Waals surface area contributed by atoms with Gasteiger partial charge in [-0.2, -0.15) is 0 Å². The maximum Gasteiger partial charge on any atom is 0.264 e. The number of aromatic nitrogens is 1. The van der Waals surface area contributed by atoms with Gasteiger partial charge in [0.2, 0.25) is 0 Å². The van der Waals surface area contributed by atoms with E-state index in [2.05, 4.69) is 11.6 Å². The molecule has 0 unspecified atom stereocenters. The minimum absolute atomic E-state index is 0.0413. The van der Waals surface area contributed by atoms with Crippen molar-refractivity contribution in [1.29, 1.82) is 0 Å². The maximum atomic E-state index is 13.5. The predicted octanol–water partition coefficient (Wildman–Crippen LogP) is 3.45. The number of sulfonamides is 1. The van der Waals surface area contributed by atoms with Gasteiger partial charge in [-0.3, -0.25) is 9.52 Å². The summed E-state index contributed by atoms with van der Waals surface area (Å²) in [4.78, 5) is 14.9. The molecule has 1 aromatic heterocycles. The largest absolute Gasteiger partial charge is 0.350 e. The van der Waals surface area contributed by atoms with Gasteiger partial charge in [-0.1, -0.05) is 13.0 Å². The molecule has 0 aliphatic carbocycles. The van der Waals surface area contributed by atoms with E-state index in [9.17, 15) is 17.6 Å². The number of amides is 1. The molecule has 1 aliphatic heterocycles. The first-order valence-electron chi connectivity index (χ1n) is 9.35. The number of piperidine rings is 1. The molecule has 2 aromatic rings. The van der Waals surface area contributed by atoms with E-state index >= 15 is 0 Å². The van der Waals surface area contributed by atoms with Crippen LogP contribution < -0.4 is 4.72 Å². The van der Waals surface area contributed by atoms with Crippen LogP contribution in [-0.4, -0.2) is 36.9 Å². The molecule has 0 spiro atoms. The van der Waals surface area contributed by atoms with E-state index in [1.165, 1.54) is 18.2 Å². The fourth-order valence-electron chi connectivity index (χ4n) is 3.63. The third-order valence-electron chi connectivity index (χ3n) is 5.55. The minimum atomic E-state index is -4.07.